The normalized spacial score (nSPS) is 10.4. The molecular weight excluding hydrogens is 200 g/mol. The molecule has 2 nitrogen and oxygen atoms in total. The Bertz CT molecular complexity index is 329. The zero-order chi connectivity index (χ0) is 11.3. The van der Waals surface area contributed by atoms with Crippen molar-refractivity contribution < 1.29 is 13.5 Å². The first-order valence-corrected chi connectivity index (χ1v) is 4.99. The Balaban J connectivity index is 2.91. The molecule has 15 heavy (non-hydrogen) atoms. The molecule has 0 aliphatic heterocycles. The molecule has 0 amide bonds. The predicted octanol–water partition coefficient (Wildman–Crippen LogP) is 2.25. The van der Waals surface area contributed by atoms with E-state index in [0.29, 0.717) is 25.1 Å². The number of benzene rings is 1. The van der Waals surface area contributed by atoms with Gasteiger partial charge in [0.25, 0.3) is 0 Å². The van der Waals surface area contributed by atoms with Gasteiger partial charge in [0.1, 0.15) is 0 Å². The maximum Gasteiger partial charge on any atom is 0.200 e. The Hall–Kier alpha value is -1.16. The molecule has 0 aliphatic carbocycles. The minimum atomic E-state index is -0.927. The molecule has 0 saturated carbocycles. The summed E-state index contributed by atoms with van der Waals surface area (Å²) in [6.45, 7) is 2.68. The average molecular weight is 215 g/mol. The van der Waals surface area contributed by atoms with Gasteiger partial charge in [-0.2, -0.15) is 4.39 Å². The summed E-state index contributed by atoms with van der Waals surface area (Å²) in [6, 6.07) is 2.65. The highest BCUT2D eigenvalue weighted by molar-refractivity contribution is 5.31. The summed E-state index contributed by atoms with van der Waals surface area (Å²) in [5.41, 5.74) is 6.00. The first kappa shape index (κ1) is 11.9. The van der Waals surface area contributed by atoms with Crippen LogP contribution in [0.4, 0.5) is 8.78 Å². The smallest absolute Gasteiger partial charge is 0.200 e. The van der Waals surface area contributed by atoms with Crippen LogP contribution in [0.25, 0.3) is 0 Å². The van der Waals surface area contributed by atoms with Crippen molar-refractivity contribution in [2.45, 2.75) is 19.8 Å². The summed E-state index contributed by atoms with van der Waals surface area (Å²) >= 11 is 0. The maximum atomic E-state index is 13.2. The number of halogens is 2. The summed E-state index contributed by atoms with van der Waals surface area (Å²) in [4.78, 5) is 0. The molecule has 0 bridgehead atoms. The van der Waals surface area contributed by atoms with Gasteiger partial charge in [0, 0.05) is 0 Å². The minimum absolute atomic E-state index is 0.0275. The molecule has 0 fully saturated rings. The Morgan fingerprint density at radius 2 is 2.07 bits per heavy atom. The number of hydrogen-bond donors (Lipinski definition) is 1. The van der Waals surface area contributed by atoms with Gasteiger partial charge in [-0.25, -0.2) is 4.39 Å². The lowest BCUT2D eigenvalue weighted by Gasteiger charge is -2.08. The Morgan fingerprint density at radius 1 is 1.33 bits per heavy atom. The van der Waals surface area contributed by atoms with Crippen LogP contribution in [0.2, 0.25) is 0 Å². The number of ether oxygens (including phenoxy) is 1. The first-order valence-electron chi connectivity index (χ1n) is 4.99. The molecule has 84 valence electrons. The van der Waals surface area contributed by atoms with E-state index < -0.39 is 11.6 Å². The highest BCUT2D eigenvalue weighted by Gasteiger charge is 2.11. The van der Waals surface area contributed by atoms with E-state index in [1.165, 1.54) is 6.07 Å². The molecule has 0 aromatic heterocycles. The lowest BCUT2D eigenvalue weighted by Crippen LogP contribution is -2.05. The second kappa shape index (κ2) is 5.66. The minimum Gasteiger partial charge on any atom is -0.490 e. The molecule has 0 radical (unpaired) electrons. The Labute approximate surface area is 88.0 Å². The van der Waals surface area contributed by atoms with Gasteiger partial charge in [0.05, 0.1) is 6.61 Å². The van der Waals surface area contributed by atoms with Crippen molar-refractivity contribution in [1.82, 2.24) is 0 Å². The highest BCUT2D eigenvalue weighted by Crippen LogP contribution is 2.22. The van der Waals surface area contributed by atoms with Crippen LogP contribution in [0.5, 0.6) is 5.75 Å². The third-order valence-corrected chi connectivity index (χ3v) is 1.95. The third kappa shape index (κ3) is 3.16. The molecule has 4 heteroatoms. The van der Waals surface area contributed by atoms with E-state index in [1.54, 1.807) is 0 Å². The Morgan fingerprint density at radius 3 is 2.67 bits per heavy atom. The van der Waals surface area contributed by atoms with Gasteiger partial charge in [0.15, 0.2) is 11.6 Å². The zero-order valence-corrected chi connectivity index (χ0v) is 8.72. The molecule has 0 saturated heterocycles. The summed E-state index contributed by atoms with van der Waals surface area (Å²) in [5.74, 6) is -1.84. The molecule has 1 rings (SSSR count). The highest BCUT2D eigenvalue weighted by atomic mass is 19.2. The van der Waals surface area contributed by atoms with Crippen LogP contribution in [0.15, 0.2) is 12.1 Å². The lowest BCUT2D eigenvalue weighted by molar-refractivity contribution is 0.295. The zero-order valence-electron chi connectivity index (χ0n) is 8.72. The van der Waals surface area contributed by atoms with E-state index in [-0.39, 0.29) is 5.75 Å². The molecule has 0 spiro atoms. The van der Waals surface area contributed by atoms with E-state index in [1.807, 2.05) is 6.92 Å². The third-order valence-electron chi connectivity index (χ3n) is 1.95. The predicted molar refractivity (Wildman–Crippen MR) is 54.9 cm³/mol. The van der Waals surface area contributed by atoms with Gasteiger partial charge in [-0.3, -0.25) is 0 Å². The second-order valence-corrected chi connectivity index (χ2v) is 3.28. The average Bonchev–Trinajstić information content (AvgIpc) is 2.21. The van der Waals surface area contributed by atoms with Crippen LogP contribution in [0.1, 0.15) is 18.9 Å². The van der Waals surface area contributed by atoms with E-state index >= 15 is 0 Å². The summed E-state index contributed by atoms with van der Waals surface area (Å²) < 4.78 is 31.4. The van der Waals surface area contributed by atoms with Crippen LogP contribution in [0.3, 0.4) is 0 Å². The van der Waals surface area contributed by atoms with Crippen molar-refractivity contribution in [3.63, 3.8) is 0 Å². The monoisotopic (exact) mass is 215 g/mol. The molecular formula is C11H15F2NO. The van der Waals surface area contributed by atoms with Crippen molar-refractivity contribution in [1.29, 1.82) is 0 Å². The summed E-state index contributed by atoms with van der Waals surface area (Å²) in [6.07, 6.45) is 1.27. The largest absolute Gasteiger partial charge is 0.490 e. The van der Waals surface area contributed by atoms with Crippen molar-refractivity contribution in [3.05, 3.63) is 29.3 Å². The van der Waals surface area contributed by atoms with Gasteiger partial charge in [-0.15, -0.1) is 0 Å². The topological polar surface area (TPSA) is 35.2 Å². The number of rotatable bonds is 5. The second-order valence-electron chi connectivity index (χ2n) is 3.28. The molecule has 1 aromatic rings. The van der Waals surface area contributed by atoms with E-state index in [9.17, 15) is 8.78 Å². The molecule has 0 unspecified atom stereocenters. The van der Waals surface area contributed by atoms with E-state index in [4.69, 9.17) is 10.5 Å². The molecule has 0 aliphatic rings. The van der Waals surface area contributed by atoms with Crippen LogP contribution in [-0.2, 0) is 6.42 Å². The number of nitrogens with two attached hydrogens (primary N) is 1. The molecule has 0 heterocycles. The first-order chi connectivity index (χ1) is 7.19. The van der Waals surface area contributed by atoms with Crippen molar-refractivity contribution in [2.75, 3.05) is 13.2 Å². The molecule has 0 atom stereocenters. The van der Waals surface area contributed by atoms with Crippen LogP contribution >= 0.6 is 0 Å². The number of hydrogen-bond acceptors (Lipinski definition) is 2. The van der Waals surface area contributed by atoms with Gasteiger partial charge < -0.3 is 10.5 Å². The fraction of sp³-hybridized carbons (Fsp3) is 0.455. The van der Waals surface area contributed by atoms with Crippen molar-refractivity contribution in [3.8, 4) is 5.75 Å². The van der Waals surface area contributed by atoms with E-state index in [0.717, 1.165) is 12.5 Å². The van der Waals surface area contributed by atoms with E-state index in [2.05, 4.69) is 0 Å². The van der Waals surface area contributed by atoms with Crippen LogP contribution in [0, 0.1) is 11.6 Å². The van der Waals surface area contributed by atoms with Gasteiger partial charge in [0.2, 0.25) is 5.82 Å². The van der Waals surface area contributed by atoms with Gasteiger partial charge in [-0.1, -0.05) is 6.92 Å². The van der Waals surface area contributed by atoms with Crippen molar-refractivity contribution >= 4 is 0 Å². The summed E-state index contributed by atoms with van der Waals surface area (Å²) in [7, 11) is 0. The lowest BCUT2D eigenvalue weighted by atomic mass is 10.1. The van der Waals surface area contributed by atoms with Crippen molar-refractivity contribution in [2.24, 2.45) is 5.73 Å². The Kier molecular flexibility index (Phi) is 4.49. The summed E-state index contributed by atoms with van der Waals surface area (Å²) in [5, 5.41) is 0. The standard InChI is InChI=1S/C11H15F2NO/c1-2-5-15-10-7-8(3-4-14)6-9(12)11(10)13/h6-7H,2-5,14H2,1H3. The SMILES string of the molecule is CCCOc1cc(CCN)cc(F)c1F. The molecule has 1 aromatic carbocycles. The maximum absolute atomic E-state index is 13.2. The fourth-order valence-corrected chi connectivity index (χ4v) is 1.25. The van der Waals surface area contributed by atoms with Gasteiger partial charge in [-0.05, 0) is 37.1 Å². The van der Waals surface area contributed by atoms with Crippen LogP contribution in [-0.4, -0.2) is 13.2 Å². The fourth-order valence-electron chi connectivity index (χ4n) is 1.25. The van der Waals surface area contributed by atoms with Crippen LogP contribution < -0.4 is 10.5 Å². The quantitative estimate of drug-likeness (QED) is 0.817. The van der Waals surface area contributed by atoms with Gasteiger partial charge >= 0.3 is 0 Å². The molecule has 2 N–H and O–H groups in total.